The van der Waals surface area contributed by atoms with Gasteiger partial charge < -0.3 is 5.32 Å². The SMILES string of the molecule is C=C1NC(=S)N(c2cccnc2)C1=O. The lowest BCUT2D eigenvalue weighted by atomic mass is 10.3. The van der Waals surface area contributed by atoms with Crippen molar-refractivity contribution in [2.45, 2.75) is 0 Å². The Bertz CT molecular complexity index is 415. The van der Waals surface area contributed by atoms with Crippen LogP contribution in [0.1, 0.15) is 0 Å². The Hall–Kier alpha value is -1.75. The molecule has 4 nitrogen and oxygen atoms in total. The van der Waals surface area contributed by atoms with Crippen molar-refractivity contribution in [2.24, 2.45) is 0 Å². The molecular formula is C9H7N3OS. The van der Waals surface area contributed by atoms with Gasteiger partial charge in [-0.3, -0.25) is 14.7 Å². The highest BCUT2D eigenvalue weighted by molar-refractivity contribution is 7.80. The number of rotatable bonds is 1. The van der Waals surface area contributed by atoms with Gasteiger partial charge in [-0.15, -0.1) is 0 Å². The summed E-state index contributed by atoms with van der Waals surface area (Å²) in [4.78, 5) is 16.8. The van der Waals surface area contributed by atoms with Crippen molar-refractivity contribution >= 4 is 28.9 Å². The van der Waals surface area contributed by atoms with Gasteiger partial charge in [0.2, 0.25) is 0 Å². The van der Waals surface area contributed by atoms with Crippen LogP contribution in [-0.4, -0.2) is 16.0 Å². The van der Waals surface area contributed by atoms with Crippen LogP contribution in [0.3, 0.4) is 0 Å². The van der Waals surface area contributed by atoms with Crippen LogP contribution in [0.25, 0.3) is 0 Å². The number of anilines is 1. The van der Waals surface area contributed by atoms with E-state index in [2.05, 4.69) is 16.9 Å². The number of carbonyl (C=O) groups excluding carboxylic acids is 1. The normalized spacial score (nSPS) is 16.0. The maximum Gasteiger partial charge on any atom is 0.280 e. The van der Waals surface area contributed by atoms with E-state index in [1.165, 1.54) is 4.90 Å². The Morgan fingerprint density at radius 1 is 1.57 bits per heavy atom. The monoisotopic (exact) mass is 205 g/mol. The van der Waals surface area contributed by atoms with Gasteiger partial charge in [-0.2, -0.15) is 0 Å². The number of nitrogens with zero attached hydrogens (tertiary/aromatic N) is 2. The third-order valence-electron chi connectivity index (χ3n) is 1.83. The van der Waals surface area contributed by atoms with Gasteiger partial charge in [0.15, 0.2) is 5.11 Å². The molecule has 1 N–H and O–H groups in total. The molecule has 1 aromatic heterocycles. The zero-order chi connectivity index (χ0) is 10.1. The summed E-state index contributed by atoms with van der Waals surface area (Å²) in [6.07, 6.45) is 3.21. The summed E-state index contributed by atoms with van der Waals surface area (Å²) in [6.45, 7) is 3.55. The fourth-order valence-electron chi connectivity index (χ4n) is 1.19. The third-order valence-corrected chi connectivity index (χ3v) is 2.11. The minimum absolute atomic E-state index is 0.233. The molecule has 0 atom stereocenters. The highest BCUT2D eigenvalue weighted by Gasteiger charge is 2.30. The molecule has 0 aromatic carbocycles. The van der Waals surface area contributed by atoms with Gasteiger partial charge in [0.1, 0.15) is 0 Å². The molecule has 1 aliphatic rings. The highest BCUT2D eigenvalue weighted by Crippen LogP contribution is 2.18. The molecule has 70 valence electrons. The maximum atomic E-state index is 11.6. The van der Waals surface area contributed by atoms with Gasteiger partial charge in [0.05, 0.1) is 17.6 Å². The van der Waals surface area contributed by atoms with Gasteiger partial charge in [0.25, 0.3) is 5.91 Å². The van der Waals surface area contributed by atoms with Crippen LogP contribution in [0.15, 0.2) is 36.8 Å². The molecule has 2 heterocycles. The van der Waals surface area contributed by atoms with Crippen LogP contribution >= 0.6 is 12.2 Å². The van der Waals surface area contributed by atoms with E-state index in [9.17, 15) is 4.79 Å². The second-order valence-electron chi connectivity index (χ2n) is 2.76. The van der Waals surface area contributed by atoms with Gasteiger partial charge >= 0.3 is 0 Å². The highest BCUT2D eigenvalue weighted by atomic mass is 32.1. The molecule has 1 amide bonds. The predicted octanol–water partition coefficient (Wildman–Crippen LogP) is 0.816. The first kappa shape index (κ1) is 8.83. The molecule has 1 aromatic rings. The van der Waals surface area contributed by atoms with Crippen LogP contribution in [-0.2, 0) is 4.79 Å². The Kier molecular flexibility index (Phi) is 2.01. The number of nitrogens with one attached hydrogen (secondary N) is 1. The van der Waals surface area contributed by atoms with Crippen molar-refractivity contribution in [1.82, 2.24) is 10.3 Å². The first-order valence-corrected chi connectivity index (χ1v) is 4.35. The van der Waals surface area contributed by atoms with Crippen LogP contribution in [0, 0.1) is 0 Å². The summed E-state index contributed by atoms with van der Waals surface area (Å²) in [5.41, 5.74) is 0.938. The quantitative estimate of drug-likeness (QED) is 0.544. The van der Waals surface area contributed by atoms with Crippen molar-refractivity contribution < 1.29 is 4.79 Å². The van der Waals surface area contributed by atoms with E-state index in [-0.39, 0.29) is 5.91 Å². The summed E-state index contributed by atoms with van der Waals surface area (Å²) < 4.78 is 0. The fraction of sp³-hybridized carbons (Fsp3) is 0. The Labute approximate surface area is 86.2 Å². The lowest BCUT2D eigenvalue weighted by Crippen LogP contribution is -2.30. The van der Waals surface area contributed by atoms with E-state index >= 15 is 0 Å². The number of hydrogen-bond donors (Lipinski definition) is 1. The minimum atomic E-state index is -0.233. The van der Waals surface area contributed by atoms with Crippen LogP contribution in [0.2, 0.25) is 0 Å². The molecule has 1 fully saturated rings. The third kappa shape index (κ3) is 1.27. The van der Waals surface area contributed by atoms with E-state index in [0.717, 1.165) is 0 Å². The molecule has 0 unspecified atom stereocenters. The number of thiocarbonyl (C=S) groups is 1. The van der Waals surface area contributed by atoms with Gasteiger partial charge in [-0.25, -0.2) is 0 Å². The number of amides is 1. The zero-order valence-corrected chi connectivity index (χ0v) is 8.04. The second-order valence-corrected chi connectivity index (χ2v) is 3.15. The molecular weight excluding hydrogens is 198 g/mol. The van der Waals surface area contributed by atoms with E-state index in [1.807, 2.05) is 0 Å². The van der Waals surface area contributed by atoms with Gasteiger partial charge in [0, 0.05) is 6.20 Å². The standard InChI is InChI=1S/C9H7N3OS/c1-6-8(13)12(9(14)11-6)7-3-2-4-10-5-7/h2-5H,1H2,(H,11,14). The van der Waals surface area contributed by atoms with E-state index < -0.39 is 0 Å². The summed E-state index contributed by atoms with van der Waals surface area (Å²) in [6, 6.07) is 3.50. The maximum absolute atomic E-state index is 11.6. The van der Waals surface area contributed by atoms with E-state index in [1.54, 1.807) is 24.5 Å². The second kappa shape index (κ2) is 3.19. The smallest absolute Gasteiger partial charge is 0.280 e. The predicted molar refractivity (Wildman–Crippen MR) is 56.6 cm³/mol. The van der Waals surface area contributed by atoms with Crippen molar-refractivity contribution in [2.75, 3.05) is 4.90 Å². The molecule has 1 aliphatic heterocycles. The summed E-state index contributed by atoms with van der Waals surface area (Å²) in [7, 11) is 0. The average Bonchev–Trinajstić information content (AvgIpc) is 2.43. The molecule has 0 aliphatic carbocycles. The number of hydrogen-bond acceptors (Lipinski definition) is 3. The summed E-state index contributed by atoms with van der Waals surface area (Å²) >= 11 is 4.98. The molecule has 0 radical (unpaired) electrons. The summed E-state index contributed by atoms with van der Waals surface area (Å²) in [5, 5.41) is 3.04. The van der Waals surface area contributed by atoms with Crippen molar-refractivity contribution in [3.63, 3.8) is 0 Å². The molecule has 0 spiro atoms. The average molecular weight is 205 g/mol. The van der Waals surface area contributed by atoms with Gasteiger partial charge in [-0.05, 0) is 24.4 Å². The molecule has 14 heavy (non-hydrogen) atoms. The minimum Gasteiger partial charge on any atom is -0.328 e. The van der Waals surface area contributed by atoms with Crippen LogP contribution < -0.4 is 10.2 Å². The fourth-order valence-corrected chi connectivity index (χ4v) is 1.50. The van der Waals surface area contributed by atoms with Crippen molar-refractivity contribution in [3.8, 4) is 0 Å². The molecule has 1 saturated heterocycles. The number of aromatic nitrogens is 1. The molecule has 5 heteroatoms. The van der Waals surface area contributed by atoms with Crippen LogP contribution in [0.4, 0.5) is 5.69 Å². The molecule has 2 rings (SSSR count). The van der Waals surface area contributed by atoms with Gasteiger partial charge in [-0.1, -0.05) is 6.58 Å². The zero-order valence-electron chi connectivity index (χ0n) is 7.23. The largest absolute Gasteiger partial charge is 0.328 e. The lowest BCUT2D eigenvalue weighted by Gasteiger charge is -2.12. The topological polar surface area (TPSA) is 45.2 Å². The van der Waals surface area contributed by atoms with E-state index in [0.29, 0.717) is 16.5 Å². The Balaban J connectivity index is 2.41. The molecule has 0 bridgehead atoms. The first-order chi connectivity index (χ1) is 6.70. The number of pyridine rings is 1. The number of carbonyl (C=O) groups is 1. The van der Waals surface area contributed by atoms with Crippen molar-refractivity contribution in [3.05, 3.63) is 36.8 Å². The molecule has 0 saturated carbocycles. The lowest BCUT2D eigenvalue weighted by molar-refractivity contribution is -0.113. The Morgan fingerprint density at radius 3 is 2.86 bits per heavy atom. The van der Waals surface area contributed by atoms with E-state index in [4.69, 9.17) is 12.2 Å². The Morgan fingerprint density at radius 2 is 2.36 bits per heavy atom. The van der Waals surface area contributed by atoms with Crippen molar-refractivity contribution in [1.29, 1.82) is 0 Å². The summed E-state index contributed by atoms with van der Waals surface area (Å²) in [5.74, 6) is -0.233. The van der Waals surface area contributed by atoms with Crippen LogP contribution in [0.5, 0.6) is 0 Å². The first-order valence-electron chi connectivity index (χ1n) is 3.94.